The molecule has 0 fully saturated rings. The standard InChI is InChI=1S/C74H130O6/c1-4-7-10-13-16-19-22-25-27-28-29-30-31-32-33-34-35-36-37-38-39-40-41-42-43-44-45-46-47-50-52-55-58-61-64-67-73(76)79-70-71(69-78-72(75)66-63-60-57-54-51-48-24-21-18-15-12-9-6-3)80-74(77)68-65-62-59-56-53-49-26-23-20-17-14-11-8-5-2/h7,10,14,16-17,19,23,25-27,29-30,32-33,71H,4-6,8-9,11-13,15,18,20-22,24,28,31,34-70H2,1-3H3/b10-7-,17-14-,19-16-,26-23-,27-25-,30-29-,33-32-. The van der Waals surface area contributed by atoms with Gasteiger partial charge in [0.05, 0.1) is 0 Å². The maximum atomic E-state index is 12.9. The predicted molar refractivity (Wildman–Crippen MR) is 348 cm³/mol. The van der Waals surface area contributed by atoms with Crippen molar-refractivity contribution in [2.24, 2.45) is 0 Å². The van der Waals surface area contributed by atoms with Crippen LogP contribution in [0.15, 0.2) is 85.1 Å². The first kappa shape index (κ1) is 76.6. The highest BCUT2D eigenvalue weighted by molar-refractivity contribution is 5.71. The van der Waals surface area contributed by atoms with Gasteiger partial charge in [-0.2, -0.15) is 0 Å². The molecule has 0 radical (unpaired) electrons. The van der Waals surface area contributed by atoms with Crippen molar-refractivity contribution in [3.8, 4) is 0 Å². The summed E-state index contributed by atoms with van der Waals surface area (Å²) in [7, 11) is 0. The van der Waals surface area contributed by atoms with Crippen LogP contribution < -0.4 is 0 Å². The van der Waals surface area contributed by atoms with Gasteiger partial charge in [-0.25, -0.2) is 0 Å². The minimum atomic E-state index is -0.780. The molecule has 0 heterocycles. The molecule has 1 unspecified atom stereocenters. The summed E-state index contributed by atoms with van der Waals surface area (Å²) in [5.41, 5.74) is 0. The summed E-state index contributed by atoms with van der Waals surface area (Å²) in [6.07, 6.45) is 90.5. The fourth-order valence-electron chi connectivity index (χ4n) is 9.96. The van der Waals surface area contributed by atoms with E-state index in [9.17, 15) is 14.4 Å². The zero-order chi connectivity index (χ0) is 57.8. The van der Waals surface area contributed by atoms with E-state index in [0.717, 1.165) is 116 Å². The summed E-state index contributed by atoms with van der Waals surface area (Å²) in [5.74, 6) is -0.872. The molecule has 0 N–H and O–H groups in total. The maximum Gasteiger partial charge on any atom is 0.306 e. The highest BCUT2D eigenvalue weighted by Crippen LogP contribution is 2.18. The second-order valence-corrected chi connectivity index (χ2v) is 23.1. The van der Waals surface area contributed by atoms with Crippen molar-refractivity contribution in [3.63, 3.8) is 0 Å². The fourth-order valence-corrected chi connectivity index (χ4v) is 9.96. The lowest BCUT2D eigenvalue weighted by Gasteiger charge is -2.18. The highest BCUT2D eigenvalue weighted by Gasteiger charge is 2.19. The summed E-state index contributed by atoms with van der Waals surface area (Å²) in [5, 5.41) is 0. The van der Waals surface area contributed by atoms with Crippen molar-refractivity contribution in [2.75, 3.05) is 13.2 Å². The smallest absolute Gasteiger partial charge is 0.306 e. The zero-order valence-corrected chi connectivity index (χ0v) is 53.1. The van der Waals surface area contributed by atoms with E-state index in [1.807, 2.05) is 0 Å². The molecule has 0 amide bonds. The summed E-state index contributed by atoms with van der Waals surface area (Å²) in [4.78, 5) is 38.3. The second-order valence-electron chi connectivity index (χ2n) is 23.1. The maximum absolute atomic E-state index is 12.9. The SMILES string of the molecule is CC/C=C\C/C=C\C/C=C\C/C=C\C/C=C\CCCCCCCCCCCCCCCCCCCCCC(=O)OCC(COC(=O)CCCCCCCCCCCCCCC)OC(=O)CCCCCCC/C=C\C/C=C\CCCC. The number of carbonyl (C=O) groups excluding carboxylic acids is 3. The summed E-state index contributed by atoms with van der Waals surface area (Å²) < 4.78 is 16.9. The number of rotatable bonds is 63. The van der Waals surface area contributed by atoms with Crippen molar-refractivity contribution >= 4 is 17.9 Å². The Morgan fingerprint density at radius 1 is 0.263 bits per heavy atom. The van der Waals surface area contributed by atoms with Crippen molar-refractivity contribution in [2.45, 2.75) is 354 Å². The van der Waals surface area contributed by atoms with Gasteiger partial charge in [-0.3, -0.25) is 14.4 Å². The van der Waals surface area contributed by atoms with Crippen LogP contribution in [0.3, 0.4) is 0 Å². The molecular weight excluding hydrogens is 985 g/mol. The number of allylic oxidation sites excluding steroid dienone is 14. The lowest BCUT2D eigenvalue weighted by atomic mass is 10.0. The number of hydrogen-bond donors (Lipinski definition) is 0. The Labute approximate surface area is 496 Å². The van der Waals surface area contributed by atoms with E-state index in [4.69, 9.17) is 14.2 Å². The number of carbonyl (C=O) groups is 3. The van der Waals surface area contributed by atoms with Crippen molar-refractivity contribution < 1.29 is 28.6 Å². The predicted octanol–water partition coefficient (Wildman–Crippen LogP) is 23.8. The Morgan fingerprint density at radius 3 is 0.800 bits per heavy atom. The molecule has 0 bridgehead atoms. The van der Waals surface area contributed by atoms with Crippen LogP contribution in [0.25, 0.3) is 0 Å². The van der Waals surface area contributed by atoms with Gasteiger partial charge in [-0.1, -0.05) is 324 Å². The van der Waals surface area contributed by atoms with Crippen LogP contribution in [0.1, 0.15) is 348 Å². The van der Waals surface area contributed by atoms with Gasteiger partial charge in [0.25, 0.3) is 0 Å². The van der Waals surface area contributed by atoms with Gasteiger partial charge >= 0.3 is 17.9 Å². The molecule has 0 aromatic heterocycles. The zero-order valence-electron chi connectivity index (χ0n) is 53.1. The third-order valence-electron chi connectivity index (χ3n) is 15.1. The molecular formula is C74H130O6. The van der Waals surface area contributed by atoms with Gasteiger partial charge in [-0.05, 0) is 89.9 Å². The van der Waals surface area contributed by atoms with E-state index in [2.05, 4.69) is 106 Å². The van der Waals surface area contributed by atoms with Gasteiger partial charge in [-0.15, -0.1) is 0 Å². The lowest BCUT2D eigenvalue weighted by molar-refractivity contribution is -0.167. The molecule has 80 heavy (non-hydrogen) atoms. The molecule has 1 atom stereocenters. The second kappa shape index (κ2) is 68.1. The van der Waals surface area contributed by atoms with Gasteiger partial charge < -0.3 is 14.2 Å². The Hall–Kier alpha value is -3.41. The van der Waals surface area contributed by atoms with Crippen LogP contribution in [0, 0.1) is 0 Å². The topological polar surface area (TPSA) is 78.9 Å². The molecule has 0 aliphatic carbocycles. The number of ether oxygens (including phenoxy) is 3. The van der Waals surface area contributed by atoms with Gasteiger partial charge in [0, 0.05) is 19.3 Å². The van der Waals surface area contributed by atoms with Gasteiger partial charge in [0.2, 0.25) is 0 Å². The van der Waals surface area contributed by atoms with E-state index in [0.29, 0.717) is 19.3 Å². The number of hydrogen-bond acceptors (Lipinski definition) is 6. The van der Waals surface area contributed by atoms with Gasteiger partial charge in [0.1, 0.15) is 13.2 Å². The van der Waals surface area contributed by atoms with Crippen LogP contribution in [0.4, 0.5) is 0 Å². The first-order chi connectivity index (χ1) is 39.5. The Morgan fingerprint density at radius 2 is 0.500 bits per heavy atom. The summed E-state index contributed by atoms with van der Waals surface area (Å²) >= 11 is 0. The van der Waals surface area contributed by atoms with Crippen molar-refractivity contribution in [3.05, 3.63) is 85.1 Å². The highest BCUT2D eigenvalue weighted by atomic mass is 16.6. The molecule has 0 spiro atoms. The van der Waals surface area contributed by atoms with Crippen LogP contribution in [-0.4, -0.2) is 37.2 Å². The molecule has 0 saturated carbocycles. The Balaban J connectivity index is 4.09. The van der Waals surface area contributed by atoms with E-state index in [-0.39, 0.29) is 31.1 Å². The van der Waals surface area contributed by atoms with E-state index >= 15 is 0 Å². The molecule has 0 aliphatic rings. The normalized spacial score (nSPS) is 12.6. The van der Waals surface area contributed by atoms with Crippen molar-refractivity contribution in [1.29, 1.82) is 0 Å². The van der Waals surface area contributed by atoms with Crippen LogP contribution in [0.2, 0.25) is 0 Å². The Kier molecular flexibility index (Phi) is 65.2. The monoisotopic (exact) mass is 1110 g/mol. The van der Waals surface area contributed by atoms with E-state index in [1.54, 1.807) is 0 Å². The quantitative estimate of drug-likeness (QED) is 0.0261. The molecule has 0 aromatic rings. The third kappa shape index (κ3) is 65.4. The van der Waals surface area contributed by atoms with E-state index < -0.39 is 6.10 Å². The largest absolute Gasteiger partial charge is 0.462 e. The molecule has 0 saturated heterocycles. The Bertz CT molecular complexity index is 1520. The first-order valence-electron chi connectivity index (χ1n) is 34.6. The lowest BCUT2D eigenvalue weighted by Crippen LogP contribution is -2.30. The molecule has 6 nitrogen and oxygen atoms in total. The fraction of sp³-hybridized carbons (Fsp3) is 0.770. The average molecular weight is 1120 g/mol. The van der Waals surface area contributed by atoms with Crippen LogP contribution in [0.5, 0.6) is 0 Å². The number of unbranched alkanes of at least 4 members (excludes halogenated alkanes) is 38. The average Bonchev–Trinajstić information content (AvgIpc) is 3.46. The summed E-state index contributed by atoms with van der Waals surface area (Å²) in [6, 6.07) is 0. The molecule has 6 heteroatoms. The molecule has 0 aromatic carbocycles. The molecule has 0 aliphatic heterocycles. The minimum absolute atomic E-state index is 0.0761. The van der Waals surface area contributed by atoms with E-state index in [1.165, 1.54) is 193 Å². The third-order valence-corrected chi connectivity index (χ3v) is 15.1. The molecule has 0 rings (SSSR count). The van der Waals surface area contributed by atoms with Crippen molar-refractivity contribution in [1.82, 2.24) is 0 Å². The molecule has 462 valence electrons. The van der Waals surface area contributed by atoms with Gasteiger partial charge in [0.15, 0.2) is 6.10 Å². The minimum Gasteiger partial charge on any atom is -0.462 e. The van der Waals surface area contributed by atoms with Crippen LogP contribution in [-0.2, 0) is 28.6 Å². The summed E-state index contributed by atoms with van der Waals surface area (Å²) in [6.45, 7) is 6.51. The number of esters is 3. The first-order valence-corrected chi connectivity index (χ1v) is 34.6. The van der Waals surface area contributed by atoms with Crippen LogP contribution >= 0.6 is 0 Å².